The molecule has 0 heterocycles. The van der Waals surface area contributed by atoms with Gasteiger partial charge in [0.15, 0.2) is 21.8 Å². The van der Waals surface area contributed by atoms with E-state index in [0.717, 1.165) is 0 Å². The van der Waals surface area contributed by atoms with Gasteiger partial charge in [-0.2, -0.15) is 13.2 Å². The van der Waals surface area contributed by atoms with E-state index in [4.69, 9.17) is 13.0 Å². The second-order valence-corrected chi connectivity index (χ2v) is 8.06. The summed E-state index contributed by atoms with van der Waals surface area (Å²) in [5.41, 5.74) is -5.65. The zero-order chi connectivity index (χ0) is 17.7. The lowest BCUT2D eigenvalue weighted by Crippen LogP contribution is -3.62. The van der Waals surface area contributed by atoms with Crippen LogP contribution in [0.4, 0.5) is 22.0 Å². The van der Waals surface area contributed by atoms with Crippen LogP contribution >= 0.6 is 0 Å². The lowest BCUT2D eigenvalue weighted by atomic mass is 10.4. The molecule has 0 radical (unpaired) electrons. The fraction of sp³-hybridized carbons (Fsp3) is 0.0769. The number of hydrogen-bond acceptors (Lipinski definition) is 3. The van der Waals surface area contributed by atoms with Crippen molar-refractivity contribution in [1.82, 2.24) is 0 Å². The van der Waals surface area contributed by atoms with Crippen LogP contribution in [0, 0.1) is 18.8 Å². The highest BCUT2D eigenvalue weighted by molar-refractivity contribution is 7.86. The third-order valence-electron chi connectivity index (χ3n) is 2.14. The van der Waals surface area contributed by atoms with Gasteiger partial charge in [0, 0.05) is 0 Å². The van der Waals surface area contributed by atoms with E-state index in [1.165, 1.54) is 12.1 Å². The number of alkyl halides is 3. The Morgan fingerprint density at radius 2 is 1.13 bits per heavy atom. The standard InChI is InChI=1S/C12H8F2I.CHF3O3S/c13-9-5-1-3-7-11(9)15-12-8-4-2-6-10(12)14;2-1(3,4)8(5,6)7/h1-8H;(H,5,6,7)/q+1;/p-1. The monoisotopic (exact) mass is 466 g/mol. The minimum Gasteiger partial charge on any atom is -0.741 e. The van der Waals surface area contributed by atoms with Crippen molar-refractivity contribution in [2.24, 2.45) is 0 Å². The topological polar surface area (TPSA) is 57.2 Å². The first kappa shape index (κ1) is 19.8. The van der Waals surface area contributed by atoms with Crippen LogP contribution in [0.25, 0.3) is 0 Å². The Morgan fingerprint density at radius 3 is 1.39 bits per heavy atom. The molecule has 0 N–H and O–H groups in total. The lowest BCUT2D eigenvalue weighted by Gasteiger charge is -2.08. The molecule has 0 spiro atoms. The maximum absolute atomic E-state index is 13.3. The van der Waals surface area contributed by atoms with E-state index >= 15 is 0 Å². The molecule has 0 fully saturated rings. The lowest BCUT2D eigenvalue weighted by molar-refractivity contribution is -0.603. The first-order valence-corrected chi connectivity index (χ1v) is 9.25. The summed E-state index contributed by atoms with van der Waals surface area (Å²) >= 11 is -0.765. The van der Waals surface area contributed by atoms with Crippen LogP contribution in [0.1, 0.15) is 0 Å². The molecule has 10 heteroatoms. The van der Waals surface area contributed by atoms with E-state index in [-0.39, 0.29) is 11.6 Å². The molecular formula is C13H8F5IO3S. The molecule has 23 heavy (non-hydrogen) atoms. The molecule has 3 nitrogen and oxygen atoms in total. The molecular weight excluding hydrogens is 458 g/mol. The largest absolute Gasteiger partial charge is 0.741 e. The number of halogens is 6. The maximum Gasteiger partial charge on any atom is 0.485 e. The van der Waals surface area contributed by atoms with Gasteiger partial charge in [-0.05, 0) is 24.3 Å². The quantitative estimate of drug-likeness (QED) is 0.274. The predicted molar refractivity (Wildman–Crippen MR) is 65.9 cm³/mol. The highest BCUT2D eigenvalue weighted by Crippen LogP contribution is 2.20. The van der Waals surface area contributed by atoms with E-state index in [9.17, 15) is 22.0 Å². The molecule has 0 saturated heterocycles. The van der Waals surface area contributed by atoms with Crippen LogP contribution in [0.15, 0.2) is 48.5 Å². The van der Waals surface area contributed by atoms with Gasteiger partial charge in [0.1, 0.15) is 0 Å². The molecule has 0 aromatic heterocycles. The molecule has 2 aromatic carbocycles. The Labute approximate surface area is 139 Å². The van der Waals surface area contributed by atoms with E-state index in [1.54, 1.807) is 36.4 Å². The van der Waals surface area contributed by atoms with Gasteiger partial charge >= 0.3 is 26.7 Å². The minimum absolute atomic E-state index is 0.242. The second kappa shape index (κ2) is 8.02. The summed E-state index contributed by atoms with van der Waals surface area (Å²) in [6, 6.07) is 13.1. The normalized spacial score (nSPS) is 11.6. The van der Waals surface area contributed by atoms with Crippen LogP contribution in [-0.4, -0.2) is 18.5 Å². The van der Waals surface area contributed by atoms with E-state index in [2.05, 4.69) is 0 Å². The van der Waals surface area contributed by atoms with Gasteiger partial charge in [0.2, 0.25) is 7.14 Å². The van der Waals surface area contributed by atoms with Crippen molar-refractivity contribution in [2.45, 2.75) is 5.51 Å². The van der Waals surface area contributed by atoms with E-state index in [1.807, 2.05) is 0 Å². The van der Waals surface area contributed by atoms with Crippen LogP contribution in [0.5, 0.6) is 0 Å². The van der Waals surface area contributed by atoms with E-state index in [0.29, 0.717) is 7.14 Å². The fourth-order valence-corrected chi connectivity index (χ4v) is 3.42. The Hall–Kier alpha value is -1.27. The van der Waals surface area contributed by atoms with Crippen molar-refractivity contribution in [1.29, 1.82) is 0 Å². The Morgan fingerprint density at radius 1 is 0.826 bits per heavy atom. The van der Waals surface area contributed by atoms with Crippen LogP contribution in [-0.2, 0) is 10.1 Å². The maximum atomic E-state index is 13.3. The molecule has 0 saturated carbocycles. The van der Waals surface area contributed by atoms with Crippen molar-refractivity contribution in [3.05, 3.63) is 67.3 Å². The molecule has 2 rings (SSSR count). The molecule has 0 aliphatic rings. The van der Waals surface area contributed by atoms with Gasteiger partial charge in [-0.1, -0.05) is 24.3 Å². The number of benzene rings is 2. The highest BCUT2D eigenvalue weighted by Gasteiger charge is 2.36. The molecule has 0 unspecified atom stereocenters. The SMILES string of the molecule is Fc1ccccc1[I+]c1ccccc1F.O=S(=O)([O-])C(F)(F)F. The summed E-state index contributed by atoms with van der Waals surface area (Å²) in [6.45, 7) is 0. The van der Waals surface area contributed by atoms with Crippen LogP contribution in [0.3, 0.4) is 0 Å². The molecule has 0 amide bonds. The summed E-state index contributed by atoms with van der Waals surface area (Å²) in [5.74, 6) is -0.484. The van der Waals surface area contributed by atoms with Gasteiger partial charge in [-0.25, -0.2) is 17.2 Å². The first-order chi connectivity index (χ1) is 10.5. The molecule has 0 aliphatic carbocycles. The summed E-state index contributed by atoms with van der Waals surface area (Å²) in [4.78, 5) is 0. The van der Waals surface area contributed by atoms with Crippen molar-refractivity contribution < 1.29 is 56.1 Å². The first-order valence-electron chi connectivity index (χ1n) is 5.68. The smallest absolute Gasteiger partial charge is 0.485 e. The predicted octanol–water partition coefficient (Wildman–Crippen LogP) is 0.145. The third-order valence-corrected chi connectivity index (χ3v) is 5.61. The van der Waals surface area contributed by atoms with Crippen molar-refractivity contribution >= 4 is 10.1 Å². The molecule has 0 bridgehead atoms. The van der Waals surface area contributed by atoms with Gasteiger partial charge < -0.3 is 4.55 Å². The van der Waals surface area contributed by atoms with E-state index < -0.39 is 36.8 Å². The summed E-state index contributed by atoms with van der Waals surface area (Å²) in [7, 11) is -6.09. The Bertz CT molecular complexity index is 719. The third kappa shape index (κ3) is 6.39. The van der Waals surface area contributed by atoms with Gasteiger partial charge in [-0.3, -0.25) is 0 Å². The average molecular weight is 466 g/mol. The average Bonchev–Trinajstić information content (AvgIpc) is 2.42. The summed E-state index contributed by atoms with van der Waals surface area (Å²) in [6.07, 6.45) is 0. The number of rotatable bonds is 2. The van der Waals surface area contributed by atoms with Gasteiger partial charge in [-0.15, -0.1) is 0 Å². The van der Waals surface area contributed by atoms with Crippen molar-refractivity contribution in [3.8, 4) is 0 Å². The fourth-order valence-electron chi connectivity index (χ4n) is 1.14. The zero-order valence-electron chi connectivity index (χ0n) is 11.0. The molecule has 0 atom stereocenters. The minimum atomic E-state index is -6.09. The van der Waals surface area contributed by atoms with Crippen LogP contribution in [0.2, 0.25) is 0 Å². The second-order valence-electron chi connectivity index (χ2n) is 3.82. The molecule has 0 aliphatic heterocycles. The van der Waals surface area contributed by atoms with Crippen LogP contribution < -0.4 is 21.2 Å². The zero-order valence-corrected chi connectivity index (χ0v) is 14.0. The van der Waals surface area contributed by atoms with Crippen molar-refractivity contribution in [2.75, 3.05) is 0 Å². The van der Waals surface area contributed by atoms with Gasteiger partial charge in [0.05, 0.1) is 0 Å². The Balaban J connectivity index is 0.000000284. The Kier molecular flexibility index (Phi) is 6.89. The summed E-state index contributed by atoms with van der Waals surface area (Å²) < 4.78 is 86.8. The van der Waals surface area contributed by atoms with Crippen molar-refractivity contribution in [3.63, 3.8) is 0 Å². The summed E-state index contributed by atoms with van der Waals surface area (Å²) in [5, 5.41) is 0. The highest BCUT2D eigenvalue weighted by atomic mass is 127. The molecule has 2 aromatic rings. The van der Waals surface area contributed by atoms with Gasteiger partial charge in [0.25, 0.3) is 0 Å². The number of hydrogen-bond donors (Lipinski definition) is 0. The molecule has 126 valence electrons.